The van der Waals surface area contributed by atoms with Crippen molar-refractivity contribution in [2.45, 2.75) is 19.9 Å². The largest absolute Gasteiger partial charge is 0.507 e. The number of anilines is 1. The maximum Gasteiger partial charge on any atom is 0.302 e. The van der Waals surface area contributed by atoms with Gasteiger partial charge in [-0.05, 0) is 37.6 Å². The van der Waals surface area contributed by atoms with Crippen LogP contribution in [0, 0.1) is 0 Å². The Balaban J connectivity index is 1.70. The molecule has 1 aliphatic heterocycles. The number of amides is 1. The van der Waals surface area contributed by atoms with Crippen LogP contribution in [0.1, 0.15) is 31.0 Å². The topological polar surface area (TPSA) is 136 Å². The van der Waals surface area contributed by atoms with Crippen LogP contribution in [-0.4, -0.2) is 59.2 Å². The zero-order chi connectivity index (χ0) is 28.4. The summed E-state index contributed by atoms with van der Waals surface area (Å²) in [7, 11) is 3.02. The molecule has 1 atom stereocenters. The van der Waals surface area contributed by atoms with E-state index in [0.29, 0.717) is 52.8 Å². The molecule has 40 heavy (non-hydrogen) atoms. The SMILES string of the molecule is CCOc1ccc(/C(O)=C2\C(=O)C(=O)N(c3nc4cc(OC)c(OC)cc4[nH]3)C2c2cccnc2)c(OCC)c1. The molecular formula is C29H28N4O7. The number of carbonyl (C=O) groups is 2. The Morgan fingerprint density at radius 1 is 1.00 bits per heavy atom. The number of nitrogens with one attached hydrogen (secondary N) is 1. The highest BCUT2D eigenvalue weighted by Crippen LogP contribution is 2.43. The highest BCUT2D eigenvalue weighted by atomic mass is 16.5. The van der Waals surface area contributed by atoms with Crippen LogP contribution in [0.3, 0.4) is 0 Å². The molecule has 0 saturated carbocycles. The van der Waals surface area contributed by atoms with E-state index in [0.717, 1.165) is 0 Å². The van der Waals surface area contributed by atoms with E-state index in [9.17, 15) is 14.7 Å². The molecule has 0 spiro atoms. The van der Waals surface area contributed by atoms with E-state index in [1.165, 1.54) is 25.3 Å². The maximum absolute atomic E-state index is 13.6. The van der Waals surface area contributed by atoms with Crippen molar-refractivity contribution < 1.29 is 33.6 Å². The Bertz CT molecular complexity index is 1570. The average molecular weight is 545 g/mol. The number of aromatic amines is 1. The molecule has 1 saturated heterocycles. The average Bonchev–Trinajstić information content (AvgIpc) is 3.50. The van der Waals surface area contributed by atoms with Crippen LogP contribution in [-0.2, 0) is 9.59 Å². The molecule has 1 aliphatic rings. The first-order valence-corrected chi connectivity index (χ1v) is 12.6. The lowest BCUT2D eigenvalue weighted by molar-refractivity contribution is -0.132. The lowest BCUT2D eigenvalue weighted by atomic mass is 9.96. The molecule has 2 aromatic carbocycles. The number of fused-ring (bicyclic) bond motifs is 1. The van der Waals surface area contributed by atoms with Gasteiger partial charge in [-0.1, -0.05) is 6.07 Å². The number of methoxy groups -OCH3 is 2. The van der Waals surface area contributed by atoms with E-state index in [-0.39, 0.29) is 22.8 Å². The highest BCUT2D eigenvalue weighted by molar-refractivity contribution is 6.51. The van der Waals surface area contributed by atoms with Crippen molar-refractivity contribution >= 4 is 34.4 Å². The van der Waals surface area contributed by atoms with Gasteiger partial charge in [-0.15, -0.1) is 0 Å². The molecule has 1 amide bonds. The number of aliphatic hydroxyl groups is 1. The van der Waals surface area contributed by atoms with Crippen molar-refractivity contribution in [1.82, 2.24) is 15.0 Å². The van der Waals surface area contributed by atoms with Gasteiger partial charge in [0.25, 0.3) is 5.78 Å². The highest BCUT2D eigenvalue weighted by Gasteiger charge is 2.48. The molecule has 0 aliphatic carbocycles. The van der Waals surface area contributed by atoms with E-state index in [1.54, 1.807) is 55.6 Å². The summed E-state index contributed by atoms with van der Waals surface area (Å²) in [4.78, 5) is 40.2. The number of pyridine rings is 1. The van der Waals surface area contributed by atoms with Gasteiger partial charge in [0.15, 0.2) is 11.5 Å². The number of carbonyl (C=O) groups excluding carboxylic acids is 2. The molecule has 2 N–H and O–H groups in total. The summed E-state index contributed by atoms with van der Waals surface area (Å²) in [5.74, 6) is -0.244. The monoisotopic (exact) mass is 544 g/mol. The molecule has 11 heteroatoms. The smallest absolute Gasteiger partial charge is 0.302 e. The quantitative estimate of drug-likeness (QED) is 0.178. The van der Waals surface area contributed by atoms with E-state index in [1.807, 2.05) is 6.92 Å². The van der Waals surface area contributed by atoms with Gasteiger partial charge in [0, 0.05) is 30.6 Å². The third kappa shape index (κ3) is 4.55. The summed E-state index contributed by atoms with van der Waals surface area (Å²) in [6, 6.07) is 10.6. The number of nitrogens with zero attached hydrogens (tertiary/aromatic N) is 3. The molecule has 1 fully saturated rings. The number of rotatable bonds is 9. The van der Waals surface area contributed by atoms with E-state index < -0.39 is 17.7 Å². The van der Waals surface area contributed by atoms with Crippen LogP contribution in [0.4, 0.5) is 5.95 Å². The van der Waals surface area contributed by atoms with Crippen LogP contribution in [0.2, 0.25) is 0 Å². The second-order valence-corrected chi connectivity index (χ2v) is 8.76. The Kier molecular flexibility index (Phi) is 7.28. The summed E-state index contributed by atoms with van der Waals surface area (Å²) < 4.78 is 22.1. The molecule has 11 nitrogen and oxygen atoms in total. The number of aliphatic hydroxyl groups excluding tert-OH is 1. The van der Waals surface area contributed by atoms with Crippen molar-refractivity contribution in [2.75, 3.05) is 32.3 Å². The van der Waals surface area contributed by atoms with Crippen LogP contribution < -0.4 is 23.8 Å². The zero-order valence-corrected chi connectivity index (χ0v) is 22.4. The van der Waals surface area contributed by atoms with Gasteiger partial charge in [-0.25, -0.2) is 4.98 Å². The lowest BCUT2D eigenvalue weighted by Gasteiger charge is -2.23. The maximum atomic E-state index is 13.6. The molecule has 206 valence electrons. The number of hydrogen-bond acceptors (Lipinski definition) is 9. The summed E-state index contributed by atoms with van der Waals surface area (Å²) in [6.07, 6.45) is 3.11. The standard InChI is InChI=1S/C29H28N4O7/c1-5-39-17-9-10-18(21(12-17)40-6-2)26(34)24-25(16-8-7-11-30-15-16)33(28(36)27(24)35)29-31-19-13-22(37-3)23(38-4)14-20(19)32-29/h7-15,25,34H,5-6H2,1-4H3,(H,31,32)/b26-24+. The fourth-order valence-corrected chi connectivity index (χ4v) is 4.72. The number of H-pyrrole nitrogens is 1. The van der Waals surface area contributed by atoms with Crippen LogP contribution in [0.5, 0.6) is 23.0 Å². The van der Waals surface area contributed by atoms with Crippen molar-refractivity contribution in [3.63, 3.8) is 0 Å². The lowest BCUT2D eigenvalue weighted by Crippen LogP contribution is -2.30. The van der Waals surface area contributed by atoms with E-state index >= 15 is 0 Å². The Morgan fingerprint density at radius 3 is 2.42 bits per heavy atom. The minimum atomic E-state index is -1.03. The van der Waals surface area contributed by atoms with Crippen LogP contribution >= 0.6 is 0 Å². The fourth-order valence-electron chi connectivity index (χ4n) is 4.72. The molecule has 0 radical (unpaired) electrons. The first-order valence-electron chi connectivity index (χ1n) is 12.6. The Labute approximate surface area is 230 Å². The summed E-state index contributed by atoms with van der Waals surface area (Å²) in [5.41, 5.74) is 1.67. The predicted molar refractivity (Wildman–Crippen MR) is 147 cm³/mol. The third-order valence-electron chi connectivity index (χ3n) is 6.47. The van der Waals surface area contributed by atoms with E-state index in [4.69, 9.17) is 18.9 Å². The molecule has 2 aromatic heterocycles. The number of aromatic nitrogens is 3. The predicted octanol–water partition coefficient (Wildman–Crippen LogP) is 4.40. The second-order valence-electron chi connectivity index (χ2n) is 8.76. The van der Waals surface area contributed by atoms with Crippen molar-refractivity contribution in [3.05, 3.63) is 71.6 Å². The Morgan fingerprint density at radius 2 is 1.75 bits per heavy atom. The van der Waals surface area contributed by atoms with Crippen molar-refractivity contribution in [3.8, 4) is 23.0 Å². The van der Waals surface area contributed by atoms with Gasteiger partial charge in [0.2, 0.25) is 5.95 Å². The van der Waals surface area contributed by atoms with Crippen molar-refractivity contribution in [1.29, 1.82) is 0 Å². The third-order valence-corrected chi connectivity index (χ3v) is 6.47. The van der Waals surface area contributed by atoms with Gasteiger partial charge in [0.05, 0.1) is 55.6 Å². The molecule has 3 heterocycles. The van der Waals surface area contributed by atoms with Crippen LogP contribution in [0.15, 0.2) is 60.4 Å². The number of imidazole rings is 1. The van der Waals surface area contributed by atoms with Crippen molar-refractivity contribution in [2.24, 2.45) is 0 Å². The molecular weight excluding hydrogens is 516 g/mol. The minimum Gasteiger partial charge on any atom is -0.507 e. The second kappa shape index (κ2) is 11.0. The number of ether oxygens (including phenoxy) is 4. The molecule has 4 aromatic rings. The number of Topliss-reactive ketones (excluding diaryl/α,β-unsaturated/α-hetero) is 1. The van der Waals surface area contributed by atoms with Gasteiger partial charge < -0.3 is 29.0 Å². The summed E-state index contributed by atoms with van der Waals surface area (Å²) in [5, 5.41) is 11.6. The normalized spacial score (nSPS) is 16.4. The van der Waals surface area contributed by atoms with Gasteiger partial charge in [0.1, 0.15) is 17.3 Å². The van der Waals surface area contributed by atoms with E-state index in [2.05, 4.69) is 15.0 Å². The number of benzene rings is 2. The van der Waals surface area contributed by atoms with Crippen LogP contribution in [0.25, 0.3) is 16.8 Å². The first-order chi connectivity index (χ1) is 19.4. The minimum absolute atomic E-state index is 0.108. The molecule has 1 unspecified atom stereocenters. The molecule has 0 bridgehead atoms. The van der Waals surface area contributed by atoms with Gasteiger partial charge in [-0.3, -0.25) is 19.5 Å². The zero-order valence-electron chi connectivity index (χ0n) is 22.4. The molecule has 5 rings (SSSR count). The fraction of sp³-hybridized carbons (Fsp3) is 0.241. The number of hydrogen-bond donors (Lipinski definition) is 2. The summed E-state index contributed by atoms with van der Waals surface area (Å²) >= 11 is 0. The van der Waals surface area contributed by atoms with Gasteiger partial charge >= 0.3 is 5.91 Å². The summed E-state index contributed by atoms with van der Waals surface area (Å²) in [6.45, 7) is 4.41. The Hall–Kier alpha value is -5.06. The number of ketones is 1. The first kappa shape index (κ1) is 26.5. The van der Waals surface area contributed by atoms with Gasteiger partial charge in [-0.2, -0.15) is 0 Å².